The van der Waals surface area contributed by atoms with Gasteiger partial charge in [-0.05, 0) is 44.0 Å². The summed E-state index contributed by atoms with van der Waals surface area (Å²) >= 11 is 0. The van der Waals surface area contributed by atoms with Crippen LogP contribution in [0.15, 0.2) is 18.2 Å². The van der Waals surface area contributed by atoms with E-state index in [2.05, 4.69) is 35.4 Å². The molecule has 2 rings (SSSR count). The predicted octanol–water partition coefficient (Wildman–Crippen LogP) is 2.69. The number of benzene rings is 1. The van der Waals surface area contributed by atoms with Crippen molar-refractivity contribution in [3.63, 3.8) is 0 Å². The van der Waals surface area contributed by atoms with E-state index in [-0.39, 0.29) is 0 Å². The summed E-state index contributed by atoms with van der Waals surface area (Å²) in [6, 6.07) is 6.83. The Balaban J connectivity index is 2.08. The van der Waals surface area contributed by atoms with Crippen LogP contribution in [0.5, 0.6) is 5.75 Å². The van der Waals surface area contributed by atoms with Crippen LogP contribution in [0.1, 0.15) is 36.9 Å². The van der Waals surface area contributed by atoms with Crippen LogP contribution >= 0.6 is 0 Å². The summed E-state index contributed by atoms with van der Waals surface area (Å²) in [6.45, 7) is 2.54. The minimum atomic E-state index is 0.490. The first-order chi connectivity index (χ1) is 8.36. The molecule has 0 bridgehead atoms. The van der Waals surface area contributed by atoms with Crippen LogP contribution in [0, 0.1) is 11.8 Å². The molecule has 0 amide bonds. The summed E-state index contributed by atoms with van der Waals surface area (Å²) < 4.78 is 5.81. The van der Waals surface area contributed by atoms with Crippen molar-refractivity contribution in [2.45, 2.75) is 32.2 Å². The van der Waals surface area contributed by atoms with Crippen LogP contribution in [0.25, 0.3) is 0 Å². The summed E-state index contributed by atoms with van der Waals surface area (Å²) in [5.41, 5.74) is 2.77. The molecule has 1 aromatic rings. The maximum Gasteiger partial charge on any atom is 0.122 e. The zero-order valence-electron chi connectivity index (χ0n) is 10.5. The first-order valence-corrected chi connectivity index (χ1v) is 6.18. The van der Waals surface area contributed by atoms with E-state index >= 15 is 0 Å². The molecule has 0 aromatic heterocycles. The molecule has 0 spiro atoms. The van der Waals surface area contributed by atoms with Crippen molar-refractivity contribution >= 4 is 0 Å². The highest BCUT2D eigenvalue weighted by Crippen LogP contribution is 2.36. The highest BCUT2D eigenvalue weighted by atomic mass is 16.5. The highest BCUT2D eigenvalue weighted by molar-refractivity contribution is 5.45. The summed E-state index contributed by atoms with van der Waals surface area (Å²) in [6.07, 6.45) is 3.08. The number of hydrogen-bond donors (Lipinski definition) is 1. The third-order valence-corrected chi connectivity index (χ3v) is 3.24. The van der Waals surface area contributed by atoms with E-state index in [0.29, 0.717) is 12.6 Å². The number of rotatable bonds is 4. The number of ether oxygens (including phenoxy) is 1. The van der Waals surface area contributed by atoms with E-state index < -0.39 is 0 Å². The maximum atomic E-state index is 5.81. The fraction of sp³-hybridized carbons (Fsp3) is 0.467. The zero-order valence-corrected chi connectivity index (χ0v) is 10.5. The molecule has 2 heteroatoms. The van der Waals surface area contributed by atoms with Crippen molar-refractivity contribution in [1.29, 1.82) is 0 Å². The van der Waals surface area contributed by atoms with Gasteiger partial charge < -0.3 is 10.1 Å². The van der Waals surface area contributed by atoms with Gasteiger partial charge in [0, 0.05) is 12.5 Å². The van der Waals surface area contributed by atoms with E-state index in [1.807, 2.05) is 14.0 Å². The second kappa shape index (κ2) is 5.75. The molecular formula is C15H19NO. The summed E-state index contributed by atoms with van der Waals surface area (Å²) in [5.74, 6) is 6.94. The Kier molecular flexibility index (Phi) is 4.06. The van der Waals surface area contributed by atoms with Crippen LogP contribution in [-0.4, -0.2) is 13.7 Å². The fourth-order valence-electron chi connectivity index (χ4n) is 2.39. The Bertz CT molecular complexity index is 442. The smallest absolute Gasteiger partial charge is 0.122 e. The average Bonchev–Trinajstić information content (AvgIpc) is 2.78. The van der Waals surface area contributed by atoms with Gasteiger partial charge in [-0.15, -0.1) is 11.8 Å². The first kappa shape index (κ1) is 12.0. The average molecular weight is 229 g/mol. The van der Waals surface area contributed by atoms with Gasteiger partial charge in [0.25, 0.3) is 0 Å². The van der Waals surface area contributed by atoms with Gasteiger partial charge in [-0.25, -0.2) is 0 Å². The molecule has 0 aliphatic heterocycles. The van der Waals surface area contributed by atoms with Gasteiger partial charge in [0.2, 0.25) is 0 Å². The van der Waals surface area contributed by atoms with Crippen molar-refractivity contribution in [1.82, 2.24) is 5.32 Å². The van der Waals surface area contributed by atoms with Crippen molar-refractivity contribution in [3.8, 4) is 17.6 Å². The molecule has 2 nitrogen and oxygen atoms in total. The Morgan fingerprint density at radius 1 is 1.47 bits per heavy atom. The lowest BCUT2D eigenvalue weighted by molar-refractivity contribution is 0.324. The SMILES string of the molecule is CC#CCCOc1cccc2c1CCC2NC. The fourth-order valence-corrected chi connectivity index (χ4v) is 2.39. The lowest BCUT2D eigenvalue weighted by atomic mass is 10.1. The van der Waals surface area contributed by atoms with Gasteiger partial charge in [0.05, 0.1) is 6.61 Å². The number of fused-ring (bicyclic) bond motifs is 1. The quantitative estimate of drug-likeness (QED) is 0.633. The highest BCUT2D eigenvalue weighted by Gasteiger charge is 2.23. The van der Waals surface area contributed by atoms with E-state index in [9.17, 15) is 0 Å². The van der Waals surface area contributed by atoms with E-state index in [0.717, 1.165) is 18.6 Å². The van der Waals surface area contributed by atoms with Gasteiger partial charge in [-0.1, -0.05) is 12.1 Å². The lowest BCUT2D eigenvalue weighted by Crippen LogP contribution is -2.12. The van der Waals surface area contributed by atoms with Crippen LogP contribution in [0.4, 0.5) is 0 Å². The molecule has 1 unspecified atom stereocenters. The molecule has 1 N–H and O–H groups in total. The second-order valence-electron chi connectivity index (χ2n) is 4.23. The predicted molar refractivity (Wildman–Crippen MR) is 70.1 cm³/mol. The number of nitrogens with one attached hydrogen (secondary N) is 1. The summed E-state index contributed by atoms with van der Waals surface area (Å²) in [4.78, 5) is 0. The molecule has 1 aliphatic rings. The second-order valence-corrected chi connectivity index (χ2v) is 4.23. The molecule has 90 valence electrons. The van der Waals surface area contributed by atoms with Crippen molar-refractivity contribution in [3.05, 3.63) is 29.3 Å². The van der Waals surface area contributed by atoms with Crippen molar-refractivity contribution in [2.24, 2.45) is 0 Å². The van der Waals surface area contributed by atoms with Crippen LogP contribution < -0.4 is 10.1 Å². The van der Waals surface area contributed by atoms with Crippen LogP contribution in [0.3, 0.4) is 0 Å². The van der Waals surface area contributed by atoms with Crippen molar-refractivity contribution in [2.75, 3.05) is 13.7 Å². The molecular weight excluding hydrogens is 210 g/mol. The third-order valence-electron chi connectivity index (χ3n) is 3.24. The Morgan fingerprint density at radius 2 is 2.35 bits per heavy atom. The molecule has 1 aromatic carbocycles. The molecule has 0 saturated heterocycles. The van der Waals surface area contributed by atoms with Crippen molar-refractivity contribution < 1.29 is 4.74 Å². The van der Waals surface area contributed by atoms with E-state index in [1.54, 1.807) is 0 Å². The summed E-state index contributed by atoms with van der Waals surface area (Å²) in [7, 11) is 2.02. The summed E-state index contributed by atoms with van der Waals surface area (Å²) in [5, 5.41) is 3.35. The maximum absolute atomic E-state index is 5.81. The van der Waals surface area contributed by atoms with Gasteiger partial charge in [-0.3, -0.25) is 0 Å². The third kappa shape index (κ3) is 2.62. The van der Waals surface area contributed by atoms with E-state index in [1.165, 1.54) is 17.5 Å². The molecule has 1 aliphatic carbocycles. The standard InChI is InChI=1S/C15H19NO/c1-3-4-5-11-17-15-8-6-7-12-13(15)9-10-14(12)16-2/h6-8,14,16H,5,9-11H2,1-2H3. The van der Waals surface area contributed by atoms with Crippen LogP contribution in [0.2, 0.25) is 0 Å². The van der Waals surface area contributed by atoms with Gasteiger partial charge in [0.1, 0.15) is 5.75 Å². The molecule has 17 heavy (non-hydrogen) atoms. The zero-order chi connectivity index (χ0) is 12.1. The molecule has 0 saturated carbocycles. The molecule has 0 radical (unpaired) electrons. The van der Waals surface area contributed by atoms with Gasteiger partial charge >= 0.3 is 0 Å². The molecule has 1 atom stereocenters. The molecule has 0 fully saturated rings. The largest absolute Gasteiger partial charge is 0.492 e. The van der Waals surface area contributed by atoms with Gasteiger partial charge in [-0.2, -0.15) is 0 Å². The Labute approximate surface area is 103 Å². The van der Waals surface area contributed by atoms with Gasteiger partial charge in [0.15, 0.2) is 0 Å². The minimum absolute atomic E-state index is 0.490. The monoisotopic (exact) mass is 229 g/mol. The molecule has 0 heterocycles. The Hall–Kier alpha value is -1.46. The normalized spacial score (nSPS) is 17.2. The first-order valence-electron chi connectivity index (χ1n) is 6.18. The lowest BCUT2D eigenvalue weighted by Gasteiger charge is -2.12. The van der Waals surface area contributed by atoms with E-state index in [4.69, 9.17) is 4.74 Å². The van der Waals surface area contributed by atoms with Crippen LogP contribution in [-0.2, 0) is 6.42 Å². The number of hydrogen-bond acceptors (Lipinski definition) is 2. The Morgan fingerprint density at radius 3 is 3.12 bits per heavy atom. The minimum Gasteiger partial charge on any atom is -0.492 e. The topological polar surface area (TPSA) is 21.3 Å².